The molecular weight excluding hydrogens is 492 g/mol. The summed E-state index contributed by atoms with van der Waals surface area (Å²) in [6.07, 6.45) is 0.963. The number of anilines is 1. The van der Waals surface area contributed by atoms with Gasteiger partial charge in [-0.25, -0.2) is 13.2 Å². The predicted octanol–water partition coefficient (Wildman–Crippen LogP) is 4.26. The summed E-state index contributed by atoms with van der Waals surface area (Å²) in [7, 11) is 3.66. The zero-order valence-electron chi connectivity index (χ0n) is 16.5. The van der Waals surface area contributed by atoms with E-state index >= 15 is 0 Å². The van der Waals surface area contributed by atoms with Crippen molar-refractivity contribution in [2.24, 2.45) is 10.9 Å². The summed E-state index contributed by atoms with van der Waals surface area (Å²) >= 11 is 0. The lowest BCUT2D eigenvalue weighted by molar-refractivity contribution is 0.462. The van der Waals surface area contributed by atoms with E-state index in [1.807, 2.05) is 11.9 Å². The zero-order chi connectivity index (χ0) is 20.1. The van der Waals surface area contributed by atoms with E-state index < -0.39 is 11.6 Å². The molecule has 0 amide bonds. The highest BCUT2D eigenvalue weighted by Gasteiger charge is 2.24. The Bertz CT molecular complexity index is 829. The van der Waals surface area contributed by atoms with Crippen molar-refractivity contribution in [3.8, 4) is 0 Å². The molecule has 1 fully saturated rings. The van der Waals surface area contributed by atoms with Crippen molar-refractivity contribution >= 4 is 35.6 Å². The molecule has 0 aromatic heterocycles. The van der Waals surface area contributed by atoms with Crippen LogP contribution >= 0.6 is 24.0 Å². The van der Waals surface area contributed by atoms with Crippen LogP contribution in [0.3, 0.4) is 0 Å². The smallest absolute Gasteiger partial charge is 0.193 e. The molecule has 1 atom stereocenters. The topological polar surface area (TPSA) is 30.9 Å². The summed E-state index contributed by atoms with van der Waals surface area (Å²) in [6.45, 7) is 2.93. The Hall–Kier alpha value is -1.97. The molecule has 4 nitrogen and oxygen atoms in total. The first-order valence-electron chi connectivity index (χ1n) is 9.32. The molecule has 0 spiro atoms. The lowest BCUT2D eigenvalue weighted by Crippen LogP contribution is -2.41. The SMILES string of the molecule is CN=C(NCC1CCN(c2ccc(F)c(F)c2)C1)N(C)Cc1ccc(F)cc1.I. The van der Waals surface area contributed by atoms with E-state index in [9.17, 15) is 13.2 Å². The van der Waals surface area contributed by atoms with Crippen molar-refractivity contribution < 1.29 is 13.2 Å². The van der Waals surface area contributed by atoms with Crippen LogP contribution in [0.2, 0.25) is 0 Å². The minimum atomic E-state index is -0.825. The number of halogens is 4. The molecule has 8 heteroatoms. The molecular formula is C21H26F3IN4. The molecule has 1 saturated heterocycles. The van der Waals surface area contributed by atoms with Crippen LogP contribution < -0.4 is 10.2 Å². The average molecular weight is 518 g/mol. The molecule has 1 heterocycles. The summed E-state index contributed by atoms with van der Waals surface area (Å²) in [6, 6.07) is 10.5. The third-order valence-corrected chi connectivity index (χ3v) is 5.01. The fourth-order valence-corrected chi connectivity index (χ4v) is 3.47. The Balaban J connectivity index is 0.00000300. The minimum Gasteiger partial charge on any atom is -0.371 e. The predicted molar refractivity (Wildman–Crippen MR) is 121 cm³/mol. The Labute approximate surface area is 186 Å². The number of hydrogen-bond acceptors (Lipinski definition) is 2. The molecule has 1 N–H and O–H groups in total. The number of nitrogens with zero attached hydrogens (tertiary/aromatic N) is 3. The number of guanidine groups is 1. The first-order chi connectivity index (χ1) is 13.5. The van der Waals surface area contributed by atoms with Crippen LogP contribution in [0.5, 0.6) is 0 Å². The second kappa shape index (κ2) is 10.7. The monoisotopic (exact) mass is 518 g/mol. The zero-order valence-corrected chi connectivity index (χ0v) is 18.9. The van der Waals surface area contributed by atoms with Crippen LogP contribution in [0, 0.1) is 23.4 Å². The Morgan fingerprint density at radius 2 is 1.86 bits per heavy atom. The maximum Gasteiger partial charge on any atom is 0.193 e. The average Bonchev–Trinajstić information content (AvgIpc) is 3.15. The van der Waals surface area contributed by atoms with Gasteiger partial charge in [-0.3, -0.25) is 4.99 Å². The molecule has 1 aliphatic heterocycles. The van der Waals surface area contributed by atoms with Gasteiger partial charge in [0.1, 0.15) is 5.82 Å². The van der Waals surface area contributed by atoms with Crippen molar-refractivity contribution in [3.63, 3.8) is 0 Å². The lowest BCUT2D eigenvalue weighted by atomic mass is 10.1. The molecule has 29 heavy (non-hydrogen) atoms. The van der Waals surface area contributed by atoms with E-state index in [1.54, 1.807) is 25.2 Å². The molecule has 0 bridgehead atoms. The second-order valence-corrected chi connectivity index (χ2v) is 7.11. The van der Waals surface area contributed by atoms with Gasteiger partial charge in [0.05, 0.1) is 0 Å². The van der Waals surface area contributed by atoms with Crippen molar-refractivity contribution in [2.75, 3.05) is 38.6 Å². The fourth-order valence-electron chi connectivity index (χ4n) is 3.47. The van der Waals surface area contributed by atoms with E-state index in [1.165, 1.54) is 24.3 Å². The van der Waals surface area contributed by atoms with Gasteiger partial charge in [-0.1, -0.05) is 12.1 Å². The quantitative estimate of drug-likeness (QED) is 0.365. The molecule has 2 aromatic carbocycles. The van der Waals surface area contributed by atoms with E-state index in [2.05, 4.69) is 15.2 Å². The number of nitrogens with one attached hydrogen (secondary N) is 1. The van der Waals surface area contributed by atoms with Crippen molar-refractivity contribution in [2.45, 2.75) is 13.0 Å². The van der Waals surface area contributed by atoms with Crippen molar-refractivity contribution in [1.82, 2.24) is 10.2 Å². The number of aliphatic imine (C=N–C) groups is 1. The van der Waals surface area contributed by atoms with E-state index in [-0.39, 0.29) is 29.8 Å². The van der Waals surface area contributed by atoms with E-state index in [4.69, 9.17) is 0 Å². The van der Waals surface area contributed by atoms with Crippen LogP contribution in [0.4, 0.5) is 18.9 Å². The highest BCUT2D eigenvalue weighted by Crippen LogP contribution is 2.25. The number of rotatable bonds is 5. The summed E-state index contributed by atoms with van der Waals surface area (Å²) < 4.78 is 39.6. The summed E-state index contributed by atoms with van der Waals surface area (Å²) in [5.41, 5.74) is 1.71. The fraction of sp³-hybridized carbons (Fsp3) is 0.381. The molecule has 0 saturated carbocycles. The van der Waals surface area contributed by atoms with Crippen LogP contribution in [0.1, 0.15) is 12.0 Å². The van der Waals surface area contributed by atoms with Crippen LogP contribution in [-0.2, 0) is 6.54 Å². The molecule has 0 radical (unpaired) electrons. The van der Waals surface area contributed by atoms with E-state index in [0.29, 0.717) is 18.2 Å². The standard InChI is InChI=1S/C21H25F3N4.HI/c1-25-21(27(2)13-15-3-5-17(22)6-4-15)26-12-16-9-10-28(14-16)18-7-8-19(23)20(24)11-18;/h3-8,11,16H,9-10,12-14H2,1-2H3,(H,25,26);1H. The first kappa shape index (κ1) is 23.3. The molecule has 3 rings (SSSR count). The maximum atomic E-state index is 13.5. The van der Waals surface area contributed by atoms with Gasteiger partial charge in [0.25, 0.3) is 0 Å². The molecule has 2 aromatic rings. The Kier molecular flexibility index (Phi) is 8.60. The Morgan fingerprint density at radius 3 is 2.52 bits per heavy atom. The second-order valence-electron chi connectivity index (χ2n) is 7.11. The van der Waals surface area contributed by atoms with E-state index in [0.717, 1.165) is 37.6 Å². The molecule has 1 aliphatic rings. The lowest BCUT2D eigenvalue weighted by Gasteiger charge is -2.24. The normalized spacial score (nSPS) is 16.5. The molecule has 158 valence electrons. The Morgan fingerprint density at radius 1 is 1.14 bits per heavy atom. The van der Waals surface area contributed by atoms with Gasteiger partial charge in [-0.05, 0) is 42.2 Å². The van der Waals surface area contributed by atoms with Crippen LogP contribution in [-0.4, -0.2) is 44.6 Å². The van der Waals surface area contributed by atoms with Crippen LogP contribution in [0.15, 0.2) is 47.5 Å². The largest absolute Gasteiger partial charge is 0.371 e. The summed E-state index contributed by atoms with van der Waals surface area (Å²) in [4.78, 5) is 8.36. The van der Waals surface area contributed by atoms with Gasteiger partial charge in [-0.15, -0.1) is 24.0 Å². The van der Waals surface area contributed by atoms with Gasteiger partial charge in [-0.2, -0.15) is 0 Å². The van der Waals surface area contributed by atoms with Crippen molar-refractivity contribution in [1.29, 1.82) is 0 Å². The van der Waals surface area contributed by atoms with Gasteiger partial charge in [0.15, 0.2) is 17.6 Å². The van der Waals surface area contributed by atoms with Gasteiger partial charge in [0.2, 0.25) is 0 Å². The van der Waals surface area contributed by atoms with Gasteiger partial charge in [0, 0.05) is 52.0 Å². The minimum absolute atomic E-state index is 0. The van der Waals surface area contributed by atoms with Crippen LogP contribution in [0.25, 0.3) is 0 Å². The highest BCUT2D eigenvalue weighted by molar-refractivity contribution is 14.0. The number of hydrogen-bond donors (Lipinski definition) is 1. The first-order valence-corrected chi connectivity index (χ1v) is 9.32. The van der Waals surface area contributed by atoms with Crippen molar-refractivity contribution in [3.05, 3.63) is 65.5 Å². The molecule has 1 unspecified atom stereocenters. The third-order valence-electron chi connectivity index (χ3n) is 5.01. The highest BCUT2D eigenvalue weighted by atomic mass is 127. The van der Waals surface area contributed by atoms with Gasteiger partial charge < -0.3 is 15.1 Å². The molecule has 0 aliphatic carbocycles. The van der Waals surface area contributed by atoms with Gasteiger partial charge >= 0.3 is 0 Å². The summed E-state index contributed by atoms with van der Waals surface area (Å²) in [5, 5.41) is 3.38. The maximum absolute atomic E-state index is 13.5. The third kappa shape index (κ3) is 6.25. The number of benzene rings is 2. The summed E-state index contributed by atoms with van der Waals surface area (Å²) in [5.74, 6) is -0.753.